The second kappa shape index (κ2) is 9.80. The molecule has 0 unspecified atom stereocenters. The number of quaternary nitrogens is 1. The predicted octanol–water partition coefficient (Wildman–Crippen LogP) is 2.78. The van der Waals surface area contributed by atoms with Gasteiger partial charge in [0.15, 0.2) is 0 Å². The Balaban J connectivity index is 1.48. The molecule has 5 nitrogen and oxygen atoms in total. The Bertz CT molecular complexity index is 804. The molecule has 1 amide bonds. The first-order valence-electron chi connectivity index (χ1n) is 9.87. The number of anilines is 2. The molecule has 2 aromatic rings. The lowest BCUT2D eigenvalue weighted by Gasteiger charge is -2.33. The smallest absolute Gasteiger partial charge is 0.224 e. The lowest BCUT2D eigenvalue weighted by Crippen LogP contribution is -3.12. The summed E-state index contributed by atoms with van der Waals surface area (Å²) in [6.45, 7) is 6.71. The van der Waals surface area contributed by atoms with E-state index in [2.05, 4.69) is 23.3 Å². The Hall–Kier alpha value is -2.24. The van der Waals surface area contributed by atoms with E-state index < -0.39 is 0 Å². The van der Waals surface area contributed by atoms with Gasteiger partial charge in [-0.15, -0.1) is 0 Å². The molecule has 28 heavy (non-hydrogen) atoms. The summed E-state index contributed by atoms with van der Waals surface area (Å²) in [6.07, 6.45) is 1.09. The molecule has 1 aliphatic heterocycles. The SMILES string of the molecule is Cc1cc(Cl)ccc1OCCCC(=O)Nc1ccccc1N1CC[NH+](C)CC1. The third-order valence-corrected chi connectivity index (χ3v) is 5.31. The van der Waals surface area contributed by atoms with Crippen LogP contribution in [0.25, 0.3) is 0 Å². The quantitative estimate of drug-likeness (QED) is 0.700. The Morgan fingerprint density at radius 1 is 1.21 bits per heavy atom. The highest BCUT2D eigenvalue weighted by molar-refractivity contribution is 6.30. The molecular weight excluding hydrogens is 374 g/mol. The minimum Gasteiger partial charge on any atom is -0.493 e. The van der Waals surface area contributed by atoms with E-state index in [4.69, 9.17) is 16.3 Å². The molecule has 0 radical (unpaired) electrons. The highest BCUT2D eigenvalue weighted by Gasteiger charge is 2.19. The van der Waals surface area contributed by atoms with Crippen molar-refractivity contribution in [3.8, 4) is 5.75 Å². The average molecular weight is 403 g/mol. The number of halogens is 1. The van der Waals surface area contributed by atoms with Crippen LogP contribution in [0.1, 0.15) is 18.4 Å². The highest BCUT2D eigenvalue weighted by atomic mass is 35.5. The Morgan fingerprint density at radius 2 is 1.96 bits per heavy atom. The molecule has 1 fully saturated rings. The summed E-state index contributed by atoms with van der Waals surface area (Å²) in [5.41, 5.74) is 3.00. The first kappa shape index (κ1) is 20.5. The van der Waals surface area contributed by atoms with Crippen LogP contribution in [0.3, 0.4) is 0 Å². The molecule has 150 valence electrons. The molecule has 1 aliphatic rings. The summed E-state index contributed by atoms with van der Waals surface area (Å²) in [5.74, 6) is 0.830. The van der Waals surface area contributed by atoms with Crippen molar-refractivity contribution >= 4 is 28.9 Å². The molecule has 0 bridgehead atoms. The van der Waals surface area contributed by atoms with Crippen LogP contribution in [-0.4, -0.2) is 45.7 Å². The fourth-order valence-corrected chi connectivity index (χ4v) is 3.61. The molecule has 0 atom stereocenters. The normalized spacial score (nSPS) is 14.8. The number of piperazine rings is 1. The zero-order valence-corrected chi connectivity index (χ0v) is 17.4. The van der Waals surface area contributed by atoms with E-state index in [1.807, 2.05) is 43.3 Å². The number of rotatable bonds is 7. The van der Waals surface area contributed by atoms with Crippen molar-refractivity contribution in [2.75, 3.05) is 50.1 Å². The number of likely N-dealkylation sites (N-methyl/N-ethyl adjacent to an activating group) is 1. The fraction of sp³-hybridized carbons (Fsp3) is 0.409. The highest BCUT2D eigenvalue weighted by Crippen LogP contribution is 2.26. The van der Waals surface area contributed by atoms with Crippen LogP contribution in [0.15, 0.2) is 42.5 Å². The van der Waals surface area contributed by atoms with E-state index in [1.54, 1.807) is 4.90 Å². The van der Waals surface area contributed by atoms with Crippen molar-refractivity contribution in [2.24, 2.45) is 0 Å². The van der Waals surface area contributed by atoms with Crippen LogP contribution in [0.4, 0.5) is 11.4 Å². The molecule has 0 saturated carbocycles. The minimum atomic E-state index is 0.0173. The number of hydrogen-bond acceptors (Lipinski definition) is 3. The molecule has 2 N–H and O–H groups in total. The summed E-state index contributed by atoms with van der Waals surface area (Å²) in [5, 5.41) is 3.77. The number of nitrogens with zero attached hydrogens (tertiary/aromatic N) is 1. The first-order valence-corrected chi connectivity index (χ1v) is 10.2. The number of amides is 1. The number of carbonyl (C=O) groups is 1. The third kappa shape index (κ3) is 5.63. The number of carbonyl (C=O) groups excluding carboxylic acids is 1. The molecule has 1 heterocycles. The monoisotopic (exact) mass is 402 g/mol. The Kier molecular flexibility index (Phi) is 7.18. The van der Waals surface area contributed by atoms with Gasteiger partial charge in [-0.3, -0.25) is 4.79 Å². The van der Waals surface area contributed by atoms with Gasteiger partial charge in [-0.2, -0.15) is 0 Å². The van der Waals surface area contributed by atoms with Crippen LogP contribution in [0, 0.1) is 6.92 Å². The van der Waals surface area contributed by atoms with E-state index >= 15 is 0 Å². The third-order valence-electron chi connectivity index (χ3n) is 5.08. The van der Waals surface area contributed by atoms with Gasteiger partial charge in [-0.1, -0.05) is 23.7 Å². The maximum Gasteiger partial charge on any atom is 0.224 e. The van der Waals surface area contributed by atoms with Crippen molar-refractivity contribution in [2.45, 2.75) is 19.8 Å². The average Bonchev–Trinajstić information content (AvgIpc) is 2.68. The van der Waals surface area contributed by atoms with Crippen molar-refractivity contribution in [3.63, 3.8) is 0 Å². The summed E-state index contributed by atoms with van der Waals surface area (Å²) < 4.78 is 5.77. The summed E-state index contributed by atoms with van der Waals surface area (Å²) >= 11 is 5.96. The molecule has 0 aliphatic carbocycles. The number of hydrogen-bond donors (Lipinski definition) is 2. The van der Waals surface area contributed by atoms with Gasteiger partial charge < -0.3 is 19.9 Å². The topological polar surface area (TPSA) is 46.0 Å². The van der Waals surface area contributed by atoms with Crippen LogP contribution in [0.2, 0.25) is 5.02 Å². The van der Waals surface area contributed by atoms with Crippen LogP contribution < -0.4 is 19.9 Å². The fourth-order valence-electron chi connectivity index (χ4n) is 3.39. The molecule has 0 aromatic heterocycles. The van der Waals surface area contributed by atoms with E-state index in [1.165, 1.54) is 0 Å². The van der Waals surface area contributed by atoms with Gasteiger partial charge in [0.2, 0.25) is 5.91 Å². The summed E-state index contributed by atoms with van der Waals surface area (Å²) in [7, 11) is 2.22. The molecule has 0 spiro atoms. The summed E-state index contributed by atoms with van der Waals surface area (Å²) in [4.78, 5) is 16.3. The zero-order chi connectivity index (χ0) is 19.9. The molecule has 2 aromatic carbocycles. The maximum atomic E-state index is 12.4. The number of benzene rings is 2. The van der Waals surface area contributed by atoms with Gasteiger partial charge in [0, 0.05) is 11.4 Å². The standard InChI is InChI=1S/C22H28ClN3O2/c1-17-16-18(23)9-10-21(17)28-15-5-8-22(27)24-19-6-3-4-7-20(19)26-13-11-25(2)12-14-26/h3-4,6-7,9-10,16H,5,8,11-15H2,1-2H3,(H,24,27)/p+1. The van der Waals surface area contributed by atoms with Crippen molar-refractivity contribution in [1.82, 2.24) is 0 Å². The number of para-hydroxylation sites is 2. The number of nitrogens with one attached hydrogen (secondary N) is 2. The predicted molar refractivity (Wildman–Crippen MR) is 115 cm³/mol. The van der Waals surface area contributed by atoms with Gasteiger partial charge in [0.05, 0.1) is 51.2 Å². The van der Waals surface area contributed by atoms with Gasteiger partial charge in [-0.05, 0) is 49.2 Å². The van der Waals surface area contributed by atoms with Crippen LogP contribution in [0.5, 0.6) is 5.75 Å². The molecule has 3 rings (SSSR count). The molecule has 6 heteroatoms. The molecular formula is C22H29ClN3O2+. The Labute approximate surface area is 172 Å². The van der Waals surface area contributed by atoms with Crippen molar-refractivity contribution in [3.05, 3.63) is 53.1 Å². The van der Waals surface area contributed by atoms with Crippen LogP contribution in [-0.2, 0) is 4.79 Å². The van der Waals surface area contributed by atoms with Gasteiger partial charge in [0.25, 0.3) is 0 Å². The second-order valence-corrected chi connectivity index (χ2v) is 7.81. The van der Waals surface area contributed by atoms with E-state index in [0.29, 0.717) is 24.5 Å². The van der Waals surface area contributed by atoms with Crippen LogP contribution >= 0.6 is 11.6 Å². The minimum absolute atomic E-state index is 0.0173. The van der Waals surface area contributed by atoms with Gasteiger partial charge >= 0.3 is 0 Å². The number of ether oxygens (including phenoxy) is 1. The van der Waals surface area contributed by atoms with E-state index in [-0.39, 0.29) is 5.91 Å². The van der Waals surface area contributed by atoms with Crippen molar-refractivity contribution in [1.29, 1.82) is 0 Å². The zero-order valence-electron chi connectivity index (χ0n) is 16.6. The second-order valence-electron chi connectivity index (χ2n) is 7.37. The lowest BCUT2D eigenvalue weighted by molar-refractivity contribution is -0.880. The van der Waals surface area contributed by atoms with E-state index in [9.17, 15) is 4.79 Å². The first-order chi connectivity index (χ1) is 13.5. The molecule has 1 saturated heterocycles. The largest absolute Gasteiger partial charge is 0.493 e. The summed E-state index contributed by atoms with van der Waals surface area (Å²) in [6, 6.07) is 13.6. The number of aryl methyl sites for hydroxylation is 1. The van der Waals surface area contributed by atoms with Gasteiger partial charge in [0.1, 0.15) is 5.75 Å². The maximum absolute atomic E-state index is 12.4. The Morgan fingerprint density at radius 3 is 2.71 bits per heavy atom. The lowest BCUT2D eigenvalue weighted by atomic mass is 10.2. The van der Waals surface area contributed by atoms with E-state index in [0.717, 1.165) is 48.9 Å². The van der Waals surface area contributed by atoms with Gasteiger partial charge in [-0.25, -0.2) is 0 Å². The van der Waals surface area contributed by atoms with Crippen molar-refractivity contribution < 1.29 is 14.4 Å².